The number of halogens is 1. The smallest absolute Gasteiger partial charge is 0.277 e. The third kappa shape index (κ3) is 5.22. The number of aromatic hydroxyl groups is 1. The summed E-state index contributed by atoms with van der Waals surface area (Å²) in [5, 5.41) is 13.6. The first-order chi connectivity index (χ1) is 11.9. The van der Waals surface area contributed by atoms with Crippen molar-refractivity contribution in [3.05, 3.63) is 51.5 Å². The number of phenolic OH excluding ortho intramolecular Hbond substituents is 1. The van der Waals surface area contributed by atoms with Gasteiger partial charge in [0.15, 0.2) is 18.1 Å². The third-order valence-corrected chi connectivity index (χ3v) is 4.13. The SMILES string of the molecule is COc1cc(/C=N\NC(=O)COc2ccc(C)c(C)c2)cc(Br)c1O. The van der Waals surface area contributed by atoms with Gasteiger partial charge in [-0.15, -0.1) is 0 Å². The first-order valence-corrected chi connectivity index (χ1v) is 8.28. The van der Waals surface area contributed by atoms with Crippen LogP contribution in [0.5, 0.6) is 17.2 Å². The van der Waals surface area contributed by atoms with Crippen LogP contribution in [-0.4, -0.2) is 30.9 Å². The number of hydrogen-bond donors (Lipinski definition) is 2. The second-order valence-corrected chi connectivity index (χ2v) is 6.24. The van der Waals surface area contributed by atoms with Gasteiger partial charge in [-0.05, 0) is 70.7 Å². The number of aryl methyl sites for hydroxylation is 2. The molecule has 25 heavy (non-hydrogen) atoms. The zero-order valence-electron chi connectivity index (χ0n) is 14.2. The molecule has 0 bridgehead atoms. The largest absolute Gasteiger partial charge is 0.503 e. The van der Waals surface area contributed by atoms with Crippen molar-refractivity contribution in [3.8, 4) is 17.2 Å². The van der Waals surface area contributed by atoms with Crippen molar-refractivity contribution >= 4 is 28.1 Å². The standard InChI is InChI=1S/C18H19BrN2O4/c1-11-4-5-14(6-12(11)2)25-10-17(22)21-20-9-13-7-15(19)18(23)16(8-13)24-3/h4-9,23H,10H2,1-3H3,(H,21,22)/b20-9-. The molecule has 2 aromatic rings. The Hall–Kier alpha value is -2.54. The number of methoxy groups -OCH3 is 1. The summed E-state index contributed by atoms with van der Waals surface area (Å²) in [5.74, 6) is 0.569. The molecule has 0 atom stereocenters. The average molecular weight is 407 g/mol. The molecule has 0 radical (unpaired) electrons. The summed E-state index contributed by atoms with van der Waals surface area (Å²) in [4.78, 5) is 11.8. The predicted octanol–water partition coefficient (Wildman–Crippen LogP) is 3.31. The van der Waals surface area contributed by atoms with Gasteiger partial charge in [0, 0.05) is 0 Å². The molecule has 0 heterocycles. The number of carbonyl (C=O) groups excluding carboxylic acids is 1. The summed E-state index contributed by atoms with van der Waals surface area (Å²) < 4.78 is 11.0. The van der Waals surface area contributed by atoms with E-state index in [1.54, 1.807) is 12.1 Å². The molecule has 6 nitrogen and oxygen atoms in total. The number of rotatable bonds is 6. The van der Waals surface area contributed by atoms with Crippen LogP contribution in [0.4, 0.5) is 0 Å². The fraction of sp³-hybridized carbons (Fsp3) is 0.222. The van der Waals surface area contributed by atoms with E-state index in [9.17, 15) is 9.90 Å². The van der Waals surface area contributed by atoms with Crippen LogP contribution in [-0.2, 0) is 4.79 Å². The fourth-order valence-corrected chi connectivity index (χ4v) is 2.45. The molecule has 2 rings (SSSR count). The van der Waals surface area contributed by atoms with E-state index in [1.165, 1.54) is 13.3 Å². The molecule has 7 heteroatoms. The van der Waals surface area contributed by atoms with Gasteiger partial charge < -0.3 is 14.6 Å². The molecule has 0 spiro atoms. The number of nitrogens with one attached hydrogen (secondary N) is 1. The summed E-state index contributed by atoms with van der Waals surface area (Å²) in [6.45, 7) is 3.86. The van der Waals surface area contributed by atoms with E-state index < -0.39 is 0 Å². The van der Waals surface area contributed by atoms with Crippen molar-refractivity contribution in [1.82, 2.24) is 5.43 Å². The molecule has 0 fully saturated rings. The lowest BCUT2D eigenvalue weighted by atomic mass is 10.1. The highest BCUT2D eigenvalue weighted by molar-refractivity contribution is 9.10. The van der Waals surface area contributed by atoms with Crippen LogP contribution in [0.2, 0.25) is 0 Å². The van der Waals surface area contributed by atoms with E-state index in [4.69, 9.17) is 9.47 Å². The lowest BCUT2D eigenvalue weighted by molar-refractivity contribution is -0.123. The van der Waals surface area contributed by atoms with Gasteiger partial charge in [-0.1, -0.05) is 6.07 Å². The summed E-state index contributed by atoms with van der Waals surface area (Å²) >= 11 is 3.22. The number of phenols is 1. The zero-order valence-corrected chi connectivity index (χ0v) is 15.8. The fourth-order valence-electron chi connectivity index (χ4n) is 1.99. The van der Waals surface area contributed by atoms with Crippen molar-refractivity contribution in [2.45, 2.75) is 13.8 Å². The Bertz CT molecular complexity index is 806. The maximum Gasteiger partial charge on any atom is 0.277 e. The molecule has 0 aliphatic carbocycles. The van der Waals surface area contributed by atoms with E-state index in [2.05, 4.69) is 26.5 Å². The second-order valence-electron chi connectivity index (χ2n) is 5.38. The number of carbonyl (C=O) groups is 1. The van der Waals surface area contributed by atoms with Gasteiger partial charge in [-0.2, -0.15) is 5.10 Å². The van der Waals surface area contributed by atoms with Crippen molar-refractivity contribution in [2.75, 3.05) is 13.7 Å². The number of hydrazone groups is 1. The van der Waals surface area contributed by atoms with Crippen LogP contribution in [0.1, 0.15) is 16.7 Å². The predicted molar refractivity (Wildman–Crippen MR) is 99.5 cm³/mol. The van der Waals surface area contributed by atoms with Gasteiger partial charge in [-0.3, -0.25) is 4.79 Å². The number of amides is 1. The highest BCUT2D eigenvalue weighted by Crippen LogP contribution is 2.34. The molecule has 0 saturated carbocycles. The van der Waals surface area contributed by atoms with Gasteiger partial charge in [0.1, 0.15) is 5.75 Å². The van der Waals surface area contributed by atoms with E-state index in [0.29, 0.717) is 21.5 Å². The topological polar surface area (TPSA) is 80.2 Å². The molecule has 0 aliphatic rings. The minimum absolute atomic E-state index is 0.00507. The van der Waals surface area contributed by atoms with Crippen LogP contribution in [0, 0.1) is 13.8 Å². The first kappa shape index (κ1) is 18.8. The Morgan fingerprint density at radius 3 is 2.72 bits per heavy atom. The van der Waals surface area contributed by atoms with Gasteiger partial charge in [-0.25, -0.2) is 5.43 Å². The molecule has 1 amide bonds. The molecule has 2 aromatic carbocycles. The van der Waals surface area contributed by atoms with E-state index >= 15 is 0 Å². The summed E-state index contributed by atoms with van der Waals surface area (Å²) in [6, 6.07) is 8.89. The molecule has 0 aliphatic heterocycles. The molecular weight excluding hydrogens is 388 g/mol. The van der Waals surface area contributed by atoms with Crippen LogP contribution >= 0.6 is 15.9 Å². The van der Waals surface area contributed by atoms with Gasteiger partial charge >= 0.3 is 0 Å². The molecule has 0 saturated heterocycles. The summed E-state index contributed by atoms with van der Waals surface area (Å²) in [7, 11) is 1.45. The highest BCUT2D eigenvalue weighted by Gasteiger charge is 2.07. The van der Waals surface area contributed by atoms with E-state index in [-0.39, 0.29) is 18.3 Å². The first-order valence-electron chi connectivity index (χ1n) is 7.49. The van der Waals surface area contributed by atoms with Crippen molar-refractivity contribution in [1.29, 1.82) is 0 Å². The normalized spacial score (nSPS) is 10.7. The Morgan fingerprint density at radius 2 is 2.04 bits per heavy atom. The van der Waals surface area contributed by atoms with Crippen LogP contribution in [0.3, 0.4) is 0 Å². The molecule has 0 aromatic heterocycles. The number of nitrogens with zero attached hydrogens (tertiary/aromatic N) is 1. The summed E-state index contributed by atoms with van der Waals surface area (Å²) in [5.41, 5.74) is 5.30. The number of benzene rings is 2. The minimum Gasteiger partial charge on any atom is -0.503 e. The Morgan fingerprint density at radius 1 is 1.28 bits per heavy atom. The summed E-state index contributed by atoms with van der Waals surface area (Å²) in [6.07, 6.45) is 1.45. The van der Waals surface area contributed by atoms with E-state index in [1.807, 2.05) is 32.0 Å². The average Bonchev–Trinajstić information content (AvgIpc) is 2.59. The number of hydrogen-bond acceptors (Lipinski definition) is 5. The zero-order chi connectivity index (χ0) is 18.4. The Kier molecular flexibility index (Phi) is 6.41. The monoisotopic (exact) mass is 406 g/mol. The lowest BCUT2D eigenvalue weighted by Gasteiger charge is -2.07. The Labute approximate surface area is 154 Å². The highest BCUT2D eigenvalue weighted by atomic mass is 79.9. The number of ether oxygens (including phenoxy) is 2. The lowest BCUT2D eigenvalue weighted by Crippen LogP contribution is -2.24. The van der Waals surface area contributed by atoms with Gasteiger partial charge in [0.25, 0.3) is 5.91 Å². The Balaban J connectivity index is 1.90. The maximum absolute atomic E-state index is 11.8. The van der Waals surface area contributed by atoms with Crippen LogP contribution in [0.15, 0.2) is 39.9 Å². The third-order valence-electron chi connectivity index (χ3n) is 3.52. The van der Waals surface area contributed by atoms with Crippen molar-refractivity contribution in [3.63, 3.8) is 0 Å². The second kappa shape index (κ2) is 8.53. The minimum atomic E-state index is -0.376. The quantitative estimate of drug-likeness (QED) is 0.569. The van der Waals surface area contributed by atoms with Crippen LogP contribution in [0.25, 0.3) is 0 Å². The van der Waals surface area contributed by atoms with Crippen molar-refractivity contribution < 1.29 is 19.4 Å². The van der Waals surface area contributed by atoms with Gasteiger partial charge in [0.2, 0.25) is 0 Å². The molecular formula is C18H19BrN2O4. The van der Waals surface area contributed by atoms with E-state index in [0.717, 1.165) is 11.1 Å². The van der Waals surface area contributed by atoms with Gasteiger partial charge in [0.05, 0.1) is 17.8 Å². The molecule has 132 valence electrons. The maximum atomic E-state index is 11.8. The van der Waals surface area contributed by atoms with Crippen LogP contribution < -0.4 is 14.9 Å². The van der Waals surface area contributed by atoms with Crippen molar-refractivity contribution in [2.24, 2.45) is 5.10 Å². The molecule has 2 N–H and O–H groups in total. The molecule has 0 unspecified atom stereocenters.